The van der Waals surface area contributed by atoms with Crippen molar-refractivity contribution in [3.8, 4) is 0 Å². The fourth-order valence-corrected chi connectivity index (χ4v) is 2.26. The van der Waals surface area contributed by atoms with Crippen molar-refractivity contribution in [2.24, 2.45) is 0 Å². The van der Waals surface area contributed by atoms with E-state index in [1.807, 2.05) is 17.9 Å². The van der Waals surface area contributed by atoms with E-state index in [1.54, 1.807) is 0 Å². The number of carbonyl (C=O) groups is 1. The zero-order chi connectivity index (χ0) is 11.3. The molecule has 1 amide bonds. The summed E-state index contributed by atoms with van der Waals surface area (Å²) >= 11 is 0. The van der Waals surface area contributed by atoms with Crippen LogP contribution in [0, 0.1) is 0 Å². The average Bonchev–Trinajstić information content (AvgIpc) is 2.29. The van der Waals surface area contributed by atoms with Crippen molar-refractivity contribution < 1.29 is 9.28 Å². The molecule has 0 aromatic heterocycles. The third kappa shape index (κ3) is 2.81. The van der Waals surface area contributed by atoms with E-state index >= 15 is 0 Å². The van der Waals surface area contributed by atoms with E-state index in [1.165, 1.54) is 0 Å². The lowest BCUT2D eigenvalue weighted by Crippen LogP contribution is -2.60. The van der Waals surface area contributed by atoms with Crippen LogP contribution in [0.25, 0.3) is 0 Å². The van der Waals surface area contributed by atoms with Gasteiger partial charge in [0.1, 0.15) is 0 Å². The zero-order valence-electron chi connectivity index (χ0n) is 10.0. The second kappa shape index (κ2) is 5.31. The normalized spacial score (nSPS) is 20.0. The molecule has 1 rings (SSSR count). The molecule has 3 nitrogen and oxygen atoms in total. The highest BCUT2D eigenvalue weighted by molar-refractivity contribution is 5.75. The summed E-state index contributed by atoms with van der Waals surface area (Å²) in [6.07, 6.45) is 2.63. The van der Waals surface area contributed by atoms with Gasteiger partial charge in [0.2, 0.25) is 5.91 Å². The standard InChI is InChI=1S/C12H23N2O/c1-4-9-14(6-3)10-7-13(8-11-14)12(15)5-2/h4H,1,5-11H2,2-3H3/q+1. The van der Waals surface area contributed by atoms with Crippen LogP contribution in [0.15, 0.2) is 12.7 Å². The SMILES string of the molecule is C=CC[N+]1(CC)CCN(C(=O)CC)CC1. The van der Waals surface area contributed by atoms with Crippen molar-refractivity contribution in [3.63, 3.8) is 0 Å². The number of amides is 1. The van der Waals surface area contributed by atoms with Crippen molar-refractivity contribution in [2.45, 2.75) is 20.3 Å². The van der Waals surface area contributed by atoms with E-state index in [0.717, 1.165) is 43.8 Å². The Labute approximate surface area is 92.9 Å². The molecule has 86 valence electrons. The molecule has 0 spiro atoms. The molecule has 0 unspecified atom stereocenters. The Morgan fingerprint density at radius 3 is 2.40 bits per heavy atom. The molecule has 0 radical (unpaired) electrons. The highest BCUT2D eigenvalue weighted by Gasteiger charge is 2.31. The van der Waals surface area contributed by atoms with Crippen LogP contribution in [-0.4, -0.2) is 54.6 Å². The Morgan fingerprint density at radius 1 is 1.40 bits per heavy atom. The molecule has 0 aromatic carbocycles. The highest BCUT2D eigenvalue weighted by Crippen LogP contribution is 2.13. The summed E-state index contributed by atoms with van der Waals surface area (Å²) in [6, 6.07) is 0. The van der Waals surface area contributed by atoms with Crippen molar-refractivity contribution >= 4 is 5.91 Å². The van der Waals surface area contributed by atoms with Crippen LogP contribution in [0.1, 0.15) is 20.3 Å². The molecular weight excluding hydrogens is 188 g/mol. The molecule has 1 saturated heterocycles. The van der Waals surface area contributed by atoms with E-state index in [0.29, 0.717) is 12.3 Å². The van der Waals surface area contributed by atoms with E-state index < -0.39 is 0 Å². The summed E-state index contributed by atoms with van der Waals surface area (Å²) in [6.45, 7) is 14.1. The molecule has 0 aromatic rings. The number of piperazine rings is 1. The van der Waals surface area contributed by atoms with Gasteiger partial charge in [-0.05, 0) is 13.0 Å². The van der Waals surface area contributed by atoms with Gasteiger partial charge in [-0.3, -0.25) is 4.79 Å². The minimum atomic E-state index is 0.294. The molecule has 3 heteroatoms. The average molecular weight is 211 g/mol. The summed E-state index contributed by atoms with van der Waals surface area (Å²) < 4.78 is 1.09. The van der Waals surface area contributed by atoms with Crippen LogP contribution in [0.2, 0.25) is 0 Å². The first-order valence-corrected chi connectivity index (χ1v) is 5.91. The Balaban J connectivity index is 2.52. The van der Waals surface area contributed by atoms with E-state index in [-0.39, 0.29) is 0 Å². The van der Waals surface area contributed by atoms with Gasteiger partial charge in [0.15, 0.2) is 0 Å². The fourth-order valence-electron chi connectivity index (χ4n) is 2.26. The summed E-state index contributed by atoms with van der Waals surface area (Å²) in [4.78, 5) is 13.5. The van der Waals surface area contributed by atoms with Gasteiger partial charge in [-0.1, -0.05) is 13.5 Å². The van der Waals surface area contributed by atoms with Crippen LogP contribution in [-0.2, 0) is 4.79 Å². The number of hydrogen-bond donors (Lipinski definition) is 0. The van der Waals surface area contributed by atoms with E-state index in [9.17, 15) is 4.79 Å². The van der Waals surface area contributed by atoms with Crippen molar-refractivity contribution in [1.82, 2.24) is 4.90 Å². The van der Waals surface area contributed by atoms with Crippen LogP contribution in [0.3, 0.4) is 0 Å². The largest absolute Gasteiger partial charge is 0.331 e. The highest BCUT2D eigenvalue weighted by atomic mass is 16.2. The van der Waals surface area contributed by atoms with Gasteiger partial charge in [0.25, 0.3) is 0 Å². The number of likely N-dealkylation sites (N-methyl/N-ethyl adjacent to an activating group) is 1. The van der Waals surface area contributed by atoms with Crippen LogP contribution in [0.4, 0.5) is 0 Å². The third-order valence-corrected chi connectivity index (χ3v) is 3.53. The maximum atomic E-state index is 11.5. The fraction of sp³-hybridized carbons (Fsp3) is 0.750. The smallest absolute Gasteiger partial charge is 0.222 e. The maximum absolute atomic E-state index is 11.5. The van der Waals surface area contributed by atoms with Crippen LogP contribution >= 0.6 is 0 Å². The van der Waals surface area contributed by atoms with Crippen LogP contribution < -0.4 is 0 Å². The van der Waals surface area contributed by atoms with Gasteiger partial charge in [0, 0.05) is 6.42 Å². The number of quaternary nitrogens is 1. The lowest BCUT2D eigenvalue weighted by Gasteiger charge is -2.43. The lowest BCUT2D eigenvalue weighted by molar-refractivity contribution is -0.924. The summed E-state index contributed by atoms with van der Waals surface area (Å²) in [7, 11) is 0. The maximum Gasteiger partial charge on any atom is 0.222 e. The van der Waals surface area contributed by atoms with Gasteiger partial charge in [0.05, 0.1) is 39.3 Å². The van der Waals surface area contributed by atoms with E-state index in [4.69, 9.17) is 0 Å². The van der Waals surface area contributed by atoms with E-state index in [2.05, 4.69) is 13.5 Å². The molecule has 0 N–H and O–H groups in total. The monoisotopic (exact) mass is 211 g/mol. The molecule has 1 heterocycles. The van der Waals surface area contributed by atoms with Gasteiger partial charge < -0.3 is 9.38 Å². The van der Waals surface area contributed by atoms with Gasteiger partial charge in [-0.25, -0.2) is 0 Å². The molecule has 0 atom stereocenters. The molecule has 1 aliphatic rings. The van der Waals surface area contributed by atoms with Crippen LogP contribution in [0.5, 0.6) is 0 Å². The Morgan fingerprint density at radius 2 is 2.00 bits per heavy atom. The molecule has 1 fully saturated rings. The van der Waals surface area contributed by atoms with Crippen molar-refractivity contribution in [3.05, 3.63) is 12.7 Å². The predicted octanol–water partition coefficient (Wildman–Crippen LogP) is 1.26. The molecule has 1 aliphatic heterocycles. The summed E-state index contributed by atoms with van der Waals surface area (Å²) in [5.74, 6) is 0.294. The number of carbonyl (C=O) groups excluding carboxylic acids is 1. The minimum Gasteiger partial charge on any atom is -0.331 e. The summed E-state index contributed by atoms with van der Waals surface area (Å²) in [5.41, 5.74) is 0. The second-order valence-corrected chi connectivity index (χ2v) is 4.31. The van der Waals surface area contributed by atoms with Crippen molar-refractivity contribution in [1.29, 1.82) is 0 Å². The minimum absolute atomic E-state index is 0.294. The summed E-state index contributed by atoms with van der Waals surface area (Å²) in [5, 5.41) is 0. The molecule has 15 heavy (non-hydrogen) atoms. The first-order chi connectivity index (χ1) is 7.17. The first-order valence-electron chi connectivity index (χ1n) is 5.91. The second-order valence-electron chi connectivity index (χ2n) is 4.31. The lowest BCUT2D eigenvalue weighted by atomic mass is 10.2. The van der Waals surface area contributed by atoms with Gasteiger partial charge in [-0.2, -0.15) is 0 Å². The van der Waals surface area contributed by atoms with Gasteiger partial charge in [-0.15, -0.1) is 0 Å². The number of hydrogen-bond acceptors (Lipinski definition) is 1. The molecule has 0 saturated carbocycles. The first kappa shape index (κ1) is 12.2. The number of rotatable bonds is 4. The zero-order valence-corrected chi connectivity index (χ0v) is 10.0. The Hall–Kier alpha value is -0.830. The quantitative estimate of drug-likeness (QED) is 0.506. The van der Waals surface area contributed by atoms with Crippen molar-refractivity contribution in [2.75, 3.05) is 39.3 Å². The van der Waals surface area contributed by atoms with Gasteiger partial charge >= 0.3 is 0 Å². The predicted molar refractivity (Wildman–Crippen MR) is 62.5 cm³/mol. The topological polar surface area (TPSA) is 20.3 Å². The number of nitrogens with zero attached hydrogens (tertiary/aromatic N) is 2. The third-order valence-electron chi connectivity index (χ3n) is 3.53. The molecule has 0 aliphatic carbocycles. The molecular formula is C12H23N2O+. The Bertz CT molecular complexity index is 230. The Kier molecular flexibility index (Phi) is 4.33. The molecule has 0 bridgehead atoms.